The van der Waals surface area contributed by atoms with Gasteiger partial charge in [0.25, 0.3) is 0 Å². The summed E-state index contributed by atoms with van der Waals surface area (Å²) in [5.74, 6) is 0.873. The minimum Gasteiger partial charge on any atom is -0.489 e. The zero-order valence-electron chi connectivity index (χ0n) is 20.3. The molecule has 4 heteroatoms. The van der Waals surface area contributed by atoms with Crippen molar-refractivity contribution in [3.63, 3.8) is 0 Å². The predicted octanol–water partition coefficient (Wildman–Crippen LogP) is 5.50. The maximum Gasteiger partial charge on any atom is 0.224 e. The molecule has 0 radical (unpaired) electrons. The number of benzene rings is 3. The lowest BCUT2D eigenvalue weighted by Gasteiger charge is -2.55. The number of hydrogen-bond acceptors (Lipinski definition) is 3. The minimum atomic E-state index is -0.736. The Balaban J connectivity index is 1.34. The molecule has 2 atom stereocenters. The molecule has 0 spiro atoms. The van der Waals surface area contributed by atoms with Crippen LogP contribution in [-0.4, -0.2) is 23.2 Å². The highest BCUT2D eigenvalue weighted by Crippen LogP contribution is 2.55. The molecular weight excluding hydrogens is 434 g/mol. The second-order valence-electron chi connectivity index (χ2n) is 10.2. The Morgan fingerprint density at radius 2 is 1.60 bits per heavy atom. The molecule has 0 aromatic heterocycles. The molecule has 0 heterocycles. The van der Waals surface area contributed by atoms with E-state index in [2.05, 4.69) is 35.6 Å². The van der Waals surface area contributed by atoms with Gasteiger partial charge in [0, 0.05) is 12.0 Å². The Morgan fingerprint density at radius 3 is 2.37 bits per heavy atom. The smallest absolute Gasteiger partial charge is 0.224 e. The highest BCUT2D eigenvalue weighted by Gasteiger charge is 2.54. The van der Waals surface area contributed by atoms with Crippen molar-refractivity contribution in [1.29, 1.82) is 0 Å². The van der Waals surface area contributed by atoms with E-state index in [0.29, 0.717) is 19.6 Å². The number of nitrogens with one attached hydrogen (secondary N) is 1. The van der Waals surface area contributed by atoms with Crippen molar-refractivity contribution in [3.05, 3.63) is 101 Å². The highest BCUT2D eigenvalue weighted by molar-refractivity contribution is 5.78. The van der Waals surface area contributed by atoms with Crippen LogP contribution in [0.4, 0.5) is 0 Å². The molecule has 2 N–H and O–H groups in total. The van der Waals surface area contributed by atoms with Gasteiger partial charge in [-0.2, -0.15) is 0 Å². The van der Waals surface area contributed by atoms with Gasteiger partial charge in [-0.3, -0.25) is 4.79 Å². The molecule has 2 unspecified atom stereocenters. The molecule has 2 aliphatic rings. The Bertz CT molecular complexity index is 1150. The van der Waals surface area contributed by atoms with Crippen LogP contribution in [0.25, 0.3) is 0 Å². The molecule has 3 aromatic rings. The van der Waals surface area contributed by atoms with Gasteiger partial charge in [-0.25, -0.2) is 0 Å². The third-order valence-electron chi connectivity index (χ3n) is 8.07. The number of hydrogen-bond donors (Lipinski definition) is 2. The van der Waals surface area contributed by atoms with Crippen molar-refractivity contribution < 1.29 is 14.6 Å². The van der Waals surface area contributed by atoms with Crippen molar-refractivity contribution in [3.8, 4) is 5.75 Å². The lowest BCUT2D eigenvalue weighted by molar-refractivity contribution is -0.121. The summed E-state index contributed by atoms with van der Waals surface area (Å²) in [6.07, 6.45) is 6.68. The first-order valence-corrected chi connectivity index (χ1v) is 12.9. The van der Waals surface area contributed by atoms with Gasteiger partial charge in [0.1, 0.15) is 12.4 Å². The average molecular weight is 470 g/mol. The summed E-state index contributed by atoms with van der Waals surface area (Å²) >= 11 is 0. The molecule has 1 amide bonds. The fourth-order valence-electron chi connectivity index (χ4n) is 6.21. The van der Waals surface area contributed by atoms with Crippen LogP contribution in [0, 0.1) is 0 Å². The summed E-state index contributed by atoms with van der Waals surface area (Å²) in [5, 5.41) is 15.1. The highest BCUT2D eigenvalue weighted by atomic mass is 16.5. The molecule has 2 aliphatic carbocycles. The lowest BCUT2D eigenvalue weighted by Crippen LogP contribution is -2.57. The zero-order chi connectivity index (χ0) is 24.1. The summed E-state index contributed by atoms with van der Waals surface area (Å²) in [6, 6.07) is 26.4. The quantitative estimate of drug-likeness (QED) is 0.458. The van der Waals surface area contributed by atoms with Crippen LogP contribution in [0.15, 0.2) is 78.9 Å². The monoisotopic (exact) mass is 469 g/mol. The molecule has 1 saturated carbocycles. The molecule has 0 aliphatic heterocycles. The number of aryl methyl sites for hydroxylation is 1. The zero-order valence-corrected chi connectivity index (χ0v) is 20.3. The van der Waals surface area contributed by atoms with Gasteiger partial charge in [-0.15, -0.1) is 0 Å². The number of carbonyl (C=O) groups excluding carboxylic acids is 1. The number of aliphatic hydroxyl groups is 1. The third kappa shape index (κ3) is 4.99. The van der Waals surface area contributed by atoms with Gasteiger partial charge in [0.15, 0.2) is 0 Å². The van der Waals surface area contributed by atoms with Gasteiger partial charge < -0.3 is 15.2 Å². The molecule has 1 fully saturated rings. The molecule has 182 valence electrons. The van der Waals surface area contributed by atoms with Crippen molar-refractivity contribution in [2.75, 3.05) is 6.54 Å². The number of amides is 1. The molecule has 35 heavy (non-hydrogen) atoms. The van der Waals surface area contributed by atoms with E-state index in [0.717, 1.165) is 61.8 Å². The van der Waals surface area contributed by atoms with Crippen LogP contribution in [0.3, 0.4) is 0 Å². The van der Waals surface area contributed by atoms with Crippen LogP contribution >= 0.6 is 0 Å². The molecule has 4 nitrogen and oxygen atoms in total. The maximum absolute atomic E-state index is 12.6. The van der Waals surface area contributed by atoms with Gasteiger partial charge in [-0.1, -0.05) is 79.6 Å². The van der Waals surface area contributed by atoms with E-state index in [1.807, 2.05) is 48.5 Å². The summed E-state index contributed by atoms with van der Waals surface area (Å²) < 4.78 is 6.17. The normalized spacial score (nSPS) is 23.1. The molecule has 5 rings (SSSR count). The fourth-order valence-corrected chi connectivity index (χ4v) is 6.21. The summed E-state index contributed by atoms with van der Waals surface area (Å²) in [5.41, 5.74) is 3.58. The largest absolute Gasteiger partial charge is 0.489 e. The van der Waals surface area contributed by atoms with Crippen LogP contribution in [-0.2, 0) is 29.7 Å². The van der Waals surface area contributed by atoms with E-state index in [1.165, 1.54) is 11.1 Å². The summed E-state index contributed by atoms with van der Waals surface area (Å²) in [7, 11) is 0. The van der Waals surface area contributed by atoms with Gasteiger partial charge in [0.05, 0.1) is 12.0 Å². The molecule has 0 saturated heterocycles. The Hall–Kier alpha value is -3.11. The second kappa shape index (κ2) is 10.2. The first-order chi connectivity index (χ1) is 17.1. The average Bonchev–Trinajstić information content (AvgIpc) is 2.89. The SMILES string of the molecule is O=C(Cc1ccccc1)NCCC12CCCCC1(O)CCc1ccc(OCc3ccccc3)cc12. The number of carbonyl (C=O) groups is 1. The molecular formula is C31H35NO3. The van der Waals surface area contributed by atoms with Crippen LogP contribution in [0.5, 0.6) is 5.75 Å². The molecule has 0 bridgehead atoms. The second-order valence-corrected chi connectivity index (χ2v) is 10.2. The topological polar surface area (TPSA) is 58.6 Å². The third-order valence-corrected chi connectivity index (χ3v) is 8.07. The van der Waals surface area contributed by atoms with Crippen LogP contribution in [0.1, 0.15) is 60.8 Å². The molecule has 3 aromatic carbocycles. The van der Waals surface area contributed by atoms with Gasteiger partial charge in [-0.05, 0) is 66.5 Å². The Kier molecular flexibility index (Phi) is 6.92. The van der Waals surface area contributed by atoms with Crippen molar-refractivity contribution >= 4 is 5.91 Å². The summed E-state index contributed by atoms with van der Waals surface area (Å²) in [4.78, 5) is 12.6. The Morgan fingerprint density at radius 1 is 0.886 bits per heavy atom. The maximum atomic E-state index is 12.6. The van der Waals surface area contributed by atoms with E-state index >= 15 is 0 Å². The van der Waals surface area contributed by atoms with Gasteiger partial charge >= 0.3 is 0 Å². The van der Waals surface area contributed by atoms with Gasteiger partial charge in [0.2, 0.25) is 5.91 Å². The number of fused-ring (bicyclic) bond motifs is 3. The standard InChI is InChI=1S/C31H35NO3/c33-29(21-24-9-3-1-4-10-24)32-20-19-30-16-7-8-17-31(30,34)18-15-26-13-14-27(22-28(26)30)35-23-25-11-5-2-6-12-25/h1-6,9-14,22,34H,7-8,15-21,23H2,(H,32,33). The first kappa shape index (κ1) is 23.6. The first-order valence-electron chi connectivity index (χ1n) is 12.9. The lowest BCUT2D eigenvalue weighted by atomic mass is 9.53. The van der Waals surface area contributed by atoms with Crippen molar-refractivity contribution in [2.45, 2.75) is 69.0 Å². The van der Waals surface area contributed by atoms with E-state index in [4.69, 9.17) is 4.74 Å². The number of ether oxygens (including phenoxy) is 1. The Labute approximate surface area is 208 Å². The predicted molar refractivity (Wildman–Crippen MR) is 138 cm³/mol. The van der Waals surface area contributed by atoms with Crippen LogP contribution < -0.4 is 10.1 Å². The van der Waals surface area contributed by atoms with E-state index in [9.17, 15) is 9.90 Å². The summed E-state index contributed by atoms with van der Waals surface area (Å²) in [6.45, 7) is 1.08. The van der Waals surface area contributed by atoms with E-state index < -0.39 is 5.60 Å². The minimum absolute atomic E-state index is 0.0305. The fraction of sp³-hybridized carbons (Fsp3) is 0.387. The van der Waals surface area contributed by atoms with E-state index in [1.54, 1.807) is 0 Å². The van der Waals surface area contributed by atoms with Crippen molar-refractivity contribution in [2.24, 2.45) is 0 Å². The van der Waals surface area contributed by atoms with E-state index in [-0.39, 0.29) is 11.3 Å². The van der Waals surface area contributed by atoms with Crippen LogP contribution in [0.2, 0.25) is 0 Å². The van der Waals surface area contributed by atoms with Crippen molar-refractivity contribution in [1.82, 2.24) is 5.32 Å². The number of rotatable bonds is 8.